The van der Waals surface area contributed by atoms with Crippen LogP contribution >= 0.6 is 0 Å². The van der Waals surface area contributed by atoms with Gasteiger partial charge in [-0.05, 0) is 19.4 Å². The Kier molecular flexibility index (Phi) is 2.71. The molecule has 2 fully saturated rings. The lowest BCUT2D eigenvalue weighted by Gasteiger charge is -2.26. The number of rotatable bonds is 2. The van der Waals surface area contributed by atoms with Gasteiger partial charge in [-0.15, -0.1) is 0 Å². The number of carbonyl (C=O) groups is 2. The average molecular weight is 258 g/mol. The number of imide groups is 1. The fraction of sp³-hybridized carbons (Fsp3) is 0.467. The van der Waals surface area contributed by atoms with E-state index in [0.29, 0.717) is 13.1 Å². The molecule has 1 aromatic carbocycles. The molecule has 0 spiro atoms. The Morgan fingerprint density at radius 1 is 1.32 bits per heavy atom. The summed E-state index contributed by atoms with van der Waals surface area (Å²) < 4.78 is 0. The molecule has 0 bridgehead atoms. The van der Waals surface area contributed by atoms with Crippen LogP contribution < -0.4 is 5.32 Å². The predicted molar refractivity (Wildman–Crippen MR) is 71.2 cm³/mol. The predicted octanol–water partition coefficient (Wildman–Crippen LogP) is 1.34. The topological polar surface area (TPSA) is 49.4 Å². The molecular weight excluding hydrogens is 240 g/mol. The quantitative estimate of drug-likeness (QED) is 0.814. The van der Waals surface area contributed by atoms with E-state index in [9.17, 15) is 9.59 Å². The first-order valence-corrected chi connectivity index (χ1v) is 6.66. The van der Waals surface area contributed by atoms with Crippen molar-refractivity contribution >= 4 is 11.8 Å². The molecule has 19 heavy (non-hydrogen) atoms. The van der Waals surface area contributed by atoms with Gasteiger partial charge in [-0.3, -0.25) is 19.8 Å². The Morgan fingerprint density at radius 3 is 2.63 bits per heavy atom. The highest BCUT2D eigenvalue weighted by Crippen LogP contribution is 2.42. The van der Waals surface area contributed by atoms with Gasteiger partial charge in [0.1, 0.15) is 0 Å². The van der Waals surface area contributed by atoms with Crippen molar-refractivity contribution in [2.75, 3.05) is 13.1 Å². The number of carbonyl (C=O) groups excluding carboxylic acids is 2. The second-order valence-electron chi connectivity index (χ2n) is 5.80. The molecule has 3 atom stereocenters. The molecule has 0 radical (unpaired) electrons. The van der Waals surface area contributed by atoms with Crippen LogP contribution in [0.5, 0.6) is 0 Å². The Bertz CT molecular complexity index is 528. The molecule has 2 amide bonds. The van der Waals surface area contributed by atoms with Gasteiger partial charge >= 0.3 is 0 Å². The first-order valence-electron chi connectivity index (χ1n) is 6.66. The summed E-state index contributed by atoms with van der Waals surface area (Å²) in [5, 5.41) is 2.45. The highest BCUT2D eigenvalue weighted by Gasteiger charge is 2.57. The number of hydrogen-bond acceptors (Lipinski definition) is 3. The Labute approximate surface area is 112 Å². The zero-order valence-corrected chi connectivity index (χ0v) is 11.2. The van der Waals surface area contributed by atoms with Gasteiger partial charge in [0.05, 0.1) is 11.3 Å². The van der Waals surface area contributed by atoms with Crippen molar-refractivity contribution in [2.45, 2.75) is 19.9 Å². The minimum absolute atomic E-state index is 0.115. The molecular formula is C15H18N2O2. The summed E-state index contributed by atoms with van der Waals surface area (Å²) in [6, 6.07) is 10.4. The standard InChI is InChI=1S/C15H18N2O2/c1-10(11-6-4-3-5-7-11)17-8-12-13(18)16-14(19)15(12,2)9-17/h3-7,10,12H,8-9H2,1-2H3,(H,16,18,19)/t10-,12+,15+/m1/s1. The van der Waals surface area contributed by atoms with E-state index in [4.69, 9.17) is 0 Å². The van der Waals surface area contributed by atoms with Crippen LogP contribution in [-0.4, -0.2) is 29.8 Å². The van der Waals surface area contributed by atoms with E-state index < -0.39 is 5.41 Å². The van der Waals surface area contributed by atoms with Crippen LogP contribution in [0, 0.1) is 11.3 Å². The zero-order valence-electron chi connectivity index (χ0n) is 11.2. The van der Waals surface area contributed by atoms with E-state index in [1.54, 1.807) is 0 Å². The van der Waals surface area contributed by atoms with Gasteiger partial charge in [0.15, 0.2) is 0 Å². The summed E-state index contributed by atoms with van der Waals surface area (Å²) in [6.45, 7) is 5.33. The van der Waals surface area contributed by atoms with Gasteiger partial charge < -0.3 is 0 Å². The monoisotopic (exact) mass is 258 g/mol. The van der Waals surface area contributed by atoms with Crippen LogP contribution in [0.15, 0.2) is 30.3 Å². The fourth-order valence-corrected chi connectivity index (χ4v) is 3.21. The van der Waals surface area contributed by atoms with Gasteiger partial charge in [0.2, 0.25) is 11.8 Å². The summed E-state index contributed by atoms with van der Waals surface area (Å²) in [4.78, 5) is 26.0. The van der Waals surface area contributed by atoms with E-state index in [1.165, 1.54) is 5.56 Å². The molecule has 2 saturated heterocycles. The van der Waals surface area contributed by atoms with E-state index >= 15 is 0 Å². The normalized spacial score (nSPS) is 32.2. The van der Waals surface area contributed by atoms with Crippen LogP contribution in [0.3, 0.4) is 0 Å². The van der Waals surface area contributed by atoms with Crippen molar-refractivity contribution in [1.82, 2.24) is 10.2 Å². The molecule has 1 N–H and O–H groups in total. The van der Waals surface area contributed by atoms with Crippen LogP contribution in [0.4, 0.5) is 0 Å². The molecule has 0 saturated carbocycles. The first kappa shape index (κ1) is 12.4. The van der Waals surface area contributed by atoms with Crippen LogP contribution in [-0.2, 0) is 9.59 Å². The molecule has 3 rings (SSSR count). The molecule has 2 heterocycles. The smallest absolute Gasteiger partial charge is 0.234 e. The van der Waals surface area contributed by atoms with Gasteiger partial charge in [0, 0.05) is 19.1 Å². The van der Waals surface area contributed by atoms with Crippen molar-refractivity contribution in [3.8, 4) is 0 Å². The number of benzene rings is 1. The third-order valence-corrected chi connectivity index (χ3v) is 4.62. The highest BCUT2D eigenvalue weighted by molar-refractivity contribution is 6.07. The maximum absolute atomic E-state index is 11.9. The summed E-state index contributed by atoms with van der Waals surface area (Å²) in [7, 11) is 0. The fourth-order valence-electron chi connectivity index (χ4n) is 3.21. The van der Waals surface area contributed by atoms with E-state index in [2.05, 4.69) is 29.3 Å². The summed E-state index contributed by atoms with van der Waals surface area (Å²) >= 11 is 0. The van der Waals surface area contributed by atoms with E-state index in [0.717, 1.165) is 0 Å². The summed E-state index contributed by atoms with van der Waals surface area (Å²) in [6.07, 6.45) is 0. The van der Waals surface area contributed by atoms with Gasteiger partial charge in [-0.1, -0.05) is 30.3 Å². The number of fused-ring (bicyclic) bond motifs is 1. The molecule has 2 aliphatic heterocycles. The van der Waals surface area contributed by atoms with Crippen LogP contribution in [0.1, 0.15) is 25.5 Å². The average Bonchev–Trinajstić information content (AvgIpc) is 2.86. The molecule has 0 unspecified atom stereocenters. The lowest BCUT2D eigenvalue weighted by molar-refractivity contribution is -0.128. The third kappa shape index (κ3) is 1.78. The van der Waals surface area contributed by atoms with Crippen molar-refractivity contribution in [3.63, 3.8) is 0 Å². The minimum atomic E-state index is -0.555. The number of hydrogen-bond donors (Lipinski definition) is 1. The maximum atomic E-state index is 11.9. The summed E-state index contributed by atoms with van der Waals surface area (Å²) in [5.74, 6) is -0.438. The lowest BCUT2D eigenvalue weighted by atomic mass is 9.82. The molecule has 0 aliphatic carbocycles. The zero-order chi connectivity index (χ0) is 13.6. The molecule has 4 heteroatoms. The van der Waals surface area contributed by atoms with Crippen LogP contribution in [0.25, 0.3) is 0 Å². The minimum Gasteiger partial charge on any atom is -0.296 e. The maximum Gasteiger partial charge on any atom is 0.234 e. The molecule has 4 nitrogen and oxygen atoms in total. The Hall–Kier alpha value is -1.68. The van der Waals surface area contributed by atoms with E-state index in [1.807, 2.05) is 25.1 Å². The van der Waals surface area contributed by atoms with E-state index in [-0.39, 0.29) is 23.8 Å². The highest BCUT2D eigenvalue weighted by atomic mass is 16.2. The Morgan fingerprint density at radius 2 is 2.00 bits per heavy atom. The first-order chi connectivity index (χ1) is 9.02. The van der Waals surface area contributed by atoms with Crippen molar-refractivity contribution in [3.05, 3.63) is 35.9 Å². The molecule has 1 aromatic rings. The largest absolute Gasteiger partial charge is 0.296 e. The van der Waals surface area contributed by atoms with Crippen molar-refractivity contribution in [2.24, 2.45) is 11.3 Å². The Balaban J connectivity index is 1.83. The van der Waals surface area contributed by atoms with Gasteiger partial charge in [0.25, 0.3) is 0 Å². The van der Waals surface area contributed by atoms with Gasteiger partial charge in [-0.2, -0.15) is 0 Å². The van der Waals surface area contributed by atoms with Gasteiger partial charge in [-0.25, -0.2) is 0 Å². The SMILES string of the molecule is C[C@H](c1ccccc1)N1C[C@H]2C(=O)NC(=O)[C@@]2(C)C1. The third-order valence-electron chi connectivity index (χ3n) is 4.62. The molecule has 0 aromatic heterocycles. The molecule has 100 valence electrons. The lowest BCUT2D eigenvalue weighted by Crippen LogP contribution is -2.36. The van der Waals surface area contributed by atoms with Crippen molar-refractivity contribution < 1.29 is 9.59 Å². The molecule has 2 aliphatic rings. The number of likely N-dealkylation sites (tertiary alicyclic amines) is 1. The number of nitrogens with one attached hydrogen (secondary N) is 1. The van der Waals surface area contributed by atoms with Crippen LogP contribution in [0.2, 0.25) is 0 Å². The second-order valence-corrected chi connectivity index (χ2v) is 5.80. The number of nitrogens with zero attached hydrogens (tertiary/aromatic N) is 1. The second kappa shape index (κ2) is 4.17. The number of amides is 2. The summed E-state index contributed by atoms with van der Waals surface area (Å²) in [5.41, 5.74) is 0.666. The van der Waals surface area contributed by atoms with Crippen molar-refractivity contribution in [1.29, 1.82) is 0 Å².